The Morgan fingerprint density at radius 2 is 1.62 bits per heavy atom. The Morgan fingerprint density at radius 3 is 2.21 bits per heavy atom. The second-order valence-corrected chi connectivity index (χ2v) is 18.8. The van der Waals surface area contributed by atoms with Crippen LogP contribution in [-0.4, -0.2) is 65.6 Å². The highest BCUT2D eigenvalue weighted by atomic mass is 32.2. The van der Waals surface area contributed by atoms with Crippen molar-refractivity contribution in [3.63, 3.8) is 0 Å². The summed E-state index contributed by atoms with van der Waals surface area (Å²) in [6, 6.07) is 11.6. The Bertz CT molecular complexity index is 1020. The summed E-state index contributed by atoms with van der Waals surface area (Å²) in [6.45, 7) is 10.6. The molecule has 0 radical (unpaired) electrons. The Labute approximate surface area is 236 Å². The average molecular weight is 581 g/mol. The first-order valence-electron chi connectivity index (χ1n) is 14.8. The first kappa shape index (κ1) is 30.9. The number of sulfone groups is 1. The van der Waals surface area contributed by atoms with Crippen LogP contribution < -0.4 is 0 Å². The fourth-order valence-electron chi connectivity index (χ4n) is 6.27. The Hall–Kier alpha value is -1.07. The highest BCUT2D eigenvalue weighted by Crippen LogP contribution is 2.42. The quantitative estimate of drug-likeness (QED) is 0.171. The molecule has 39 heavy (non-hydrogen) atoms. The second-order valence-electron chi connectivity index (χ2n) is 12.1. The van der Waals surface area contributed by atoms with Crippen LogP contribution in [0, 0.1) is 17.3 Å². The van der Waals surface area contributed by atoms with Crippen molar-refractivity contribution in [2.45, 2.75) is 101 Å². The van der Waals surface area contributed by atoms with Crippen LogP contribution in [0.3, 0.4) is 0 Å². The van der Waals surface area contributed by atoms with Gasteiger partial charge in [0.2, 0.25) is 0 Å². The van der Waals surface area contributed by atoms with E-state index in [1.54, 1.807) is 24.3 Å². The van der Waals surface area contributed by atoms with Gasteiger partial charge in [-0.3, -0.25) is 0 Å². The van der Waals surface area contributed by atoms with Gasteiger partial charge in [-0.15, -0.1) is 0 Å². The maximum absolute atomic E-state index is 13.4. The number of aliphatic hydroxyl groups excluding tert-OH is 1. The van der Waals surface area contributed by atoms with Gasteiger partial charge in [-0.05, 0) is 61.9 Å². The normalized spacial score (nSPS) is 33.3. The van der Waals surface area contributed by atoms with Crippen molar-refractivity contribution in [2.75, 3.05) is 25.6 Å². The molecule has 0 unspecified atom stereocenters. The summed E-state index contributed by atoms with van der Waals surface area (Å²) < 4.78 is 51.3. The number of aliphatic hydroxyl groups is 1. The fraction of sp³-hybridized carbons (Fsp3) is 0.733. The summed E-state index contributed by atoms with van der Waals surface area (Å²) >= 11 is 0. The molecule has 220 valence electrons. The third-order valence-corrected chi connectivity index (χ3v) is 15.7. The van der Waals surface area contributed by atoms with E-state index in [0.29, 0.717) is 44.0 Å². The molecule has 3 aliphatic heterocycles. The molecule has 5 rings (SSSR count). The number of rotatable bonds is 14. The summed E-state index contributed by atoms with van der Waals surface area (Å²) in [7, 11) is -5.49. The lowest BCUT2D eigenvalue weighted by Gasteiger charge is -2.50. The second kappa shape index (κ2) is 12.8. The molecule has 4 atom stereocenters. The van der Waals surface area contributed by atoms with Crippen LogP contribution >= 0.6 is 0 Å². The van der Waals surface area contributed by atoms with E-state index in [1.165, 1.54) is 0 Å². The van der Waals surface area contributed by atoms with E-state index in [1.807, 2.05) is 6.07 Å². The minimum absolute atomic E-state index is 0.00761. The van der Waals surface area contributed by atoms with Crippen molar-refractivity contribution in [2.24, 2.45) is 17.3 Å². The molecular formula is C30H48O7SSi. The monoisotopic (exact) mass is 580 g/mol. The molecule has 4 fully saturated rings. The molecule has 7 nitrogen and oxygen atoms in total. The van der Waals surface area contributed by atoms with E-state index in [9.17, 15) is 13.5 Å². The van der Waals surface area contributed by atoms with E-state index in [0.717, 1.165) is 31.0 Å². The summed E-state index contributed by atoms with van der Waals surface area (Å²) in [5.41, 5.74) is -0.0383. The molecule has 1 saturated carbocycles. The van der Waals surface area contributed by atoms with E-state index in [-0.39, 0.29) is 29.1 Å². The van der Waals surface area contributed by atoms with E-state index < -0.39 is 30.2 Å². The van der Waals surface area contributed by atoms with E-state index >= 15 is 0 Å². The largest absolute Gasteiger partial charge is 0.414 e. The van der Waals surface area contributed by atoms with Gasteiger partial charge in [0.25, 0.3) is 5.97 Å². The maximum atomic E-state index is 13.4. The van der Waals surface area contributed by atoms with Crippen molar-refractivity contribution in [3.8, 4) is 0 Å². The van der Waals surface area contributed by atoms with Crippen LogP contribution in [0.2, 0.25) is 18.1 Å². The lowest BCUT2D eigenvalue weighted by Crippen LogP contribution is -2.58. The molecule has 1 aromatic carbocycles. The topological polar surface area (TPSA) is 91.3 Å². The molecule has 3 heterocycles. The number of hydrogen-bond donors (Lipinski definition) is 1. The number of allylic oxidation sites excluding steroid dienone is 2. The van der Waals surface area contributed by atoms with Crippen molar-refractivity contribution >= 4 is 18.2 Å². The predicted molar refractivity (Wildman–Crippen MR) is 154 cm³/mol. The molecule has 0 spiro atoms. The van der Waals surface area contributed by atoms with Gasteiger partial charge >= 0.3 is 0 Å². The van der Waals surface area contributed by atoms with Gasteiger partial charge in [0, 0.05) is 17.8 Å². The average Bonchev–Trinajstić information content (AvgIpc) is 3.23. The molecule has 3 saturated heterocycles. The van der Waals surface area contributed by atoms with Crippen LogP contribution in [0.5, 0.6) is 0 Å². The van der Waals surface area contributed by atoms with Gasteiger partial charge in [0.1, 0.15) is 0 Å². The first-order chi connectivity index (χ1) is 18.6. The van der Waals surface area contributed by atoms with E-state index in [2.05, 4.69) is 39.8 Å². The van der Waals surface area contributed by atoms with Gasteiger partial charge in [-0.25, -0.2) is 8.42 Å². The highest BCUT2D eigenvalue weighted by molar-refractivity contribution is 7.91. The van der Waals surface area contributed by atoms with Crippen LogP contribution in [-0.2, 0) is 28.5 Å². The summed E-state index contributed by atoms with van der Waals surface area (Å²) in [5, 5.41) is 11.1. The van der Waals surface area contributed by atoms with Gasteiger partial charge in [-0.2, -0.15) is 0 Å². The van der Waals surface area contributed by atoms with Crippen molar-refractivity contribution in [1.29, 1.82) is 0 Å². The zero-order valence-electron chi connectivity index (χ0n) is 24.1. The molecule has 9 heteroatoms. The minimum atomic E-state index is -3.51. The number of unbranched alkanes of at least 4 members (excludes halogenated alkanes) is 1. The van der Waals surface area contributed by atoms with Gasteiger partial charge in [0.05, 0.1) is 42.7 Å². The van der Waals surface area contributed by atoms with Crippen LogP contribution in [0.15, 0.2) is 47.4 Å². The Balaban J connectivity index is 1.40. The smallest absolute Gasteiger partial charge is 0.282 e. The van der Waals surface area contributed by atoms with Crippen LogP contribution in [0.4, 0.5) is 0 Å². The summed E-state index contributed by atoms with van der Waals surface area (Å²) in [5.74, 6) is -1.32. The standard InChI is InChI=1S/C30H48O7SSi/c1-5-39(6-2,7-3)37-28-19-27(31)25(26(28)20-38(32,33)24-15-11-10-12-16-24)17-13-8-9-14-18-30-34-21-29(4,22-35-30)23-36-30/h8,10-13,15-16,25-28,31H,5-7,9,14,17-23H2,1-4H3/b13-8-/t25-,26-,27+,28-,29?,30?/m1/s1. The first-order valence-corrected chi connectivity index (χ1v) is 19.0. The number of fused-ring (bicyclic) bond motifs is 3. The van der Waals surface area contributed by atoms with E-state index in [4.69, 9.17) is 18.6 Å². The van der Waals surface area contributed by atoms with Gasteiger partial charge in [-0.1, -0.05) is 58.0 Å². The predicted octanol–water partition coefficient (Wildman–Crippen LogP) is 5.70. The van der Waals surface area contributed by atoms with Crippen LogP contribution in [0.25, 0.3) is 0 Å². The number of ether oxygens (including phenoxy) is 3. The van der Waals surface area contributed by atoms with Crippen molar-refractivity contribution in [3.05, 3.63) is 42.5 Å². The molecule has 4 aliphatic rings. The van der Waals surface area contributed by atoms with Crippen LogP contribution in [0.1, 0.15) is 59.8 Å². The minimum Gasteiger partial charge on any atom is -0.414 e. The number of hydrogen-bond acceptors (Lipinski definition) is 7. The molecular weight excluding hydrogens is 532 g/mol. The van der Waals surface area contributed by atoms with Gasteiger partial charge in [0.15, 0.2) is 18.2 Å². The number of benzene rings is 1. The Morgan fingerprint density at radius 1 is 1.00 bits per heavy atom. The summed E-state index contributed by atoms with van der Waals surface area (Å²) in [4.78, 5) is 0.334. The molecule has 0 aromatic heterocycles. The molecule has 2 bridgehead atoms. The molecule has 1 N–H and O–H groups in total. The van der Waals surface area contributed by atoms with Gasteiger partial charge < -0.3 is 23.7 Å². The molecule has 1 aromatic rings. The zero-order valence-corrected chi connectivity index (χ0v) is 26.0. The van der Waals surface area contributed by atoms with Crippen molar-refractivity contribution in [1.82, 2.24) is 0 Å². The zero-order chi connectivity index (χ0) is 28.2. The van der Waals surface area contributed by atoms with Crippen molar-refractivity contribution < 1.29 is 32.2 Å². The third-order valence-electron chi connectivity index (χ3n) is 9.19. The lowest BCUT2D eigenvalue weighted by molar-refractivity contribution is -0.467. The molecule has 0 amide bonds. The summed E-state index contributed by atoms with van der Waals surface area (Å²) in [6.07, 6.45) is 6.89. The lowest BCUT2D eigenvalue weighted by atomic mass is 9.91. The fourth-order valence-corrected chi connectivity index (χ4v) is 10.9. The Kier molecular flexibility index (Phi) is 10.2. The maximum Gasteiger partial charge on any atom is 0.282 e. The third kappa shape index (κ3) is 7.23. The SMILES string of the molecule is CC[Si](CC)(CC)O[C@@H]1C[C@H](O)[C@H](C/C=C\CCCC23OCC(C)(CO2)CO3)[C@H]1CS(=O)(=O)c1ccccc1. The highest BCUT2D eigenvalue weighted by Gasteiger charge is 2.50. The molecule has 1 aliphatic carbocycles.